The molecular formula is C11H14FNO2S. The van der Waals surface area contributed by atoms with Gasteiger partial charge in [0.2, 0.25) is 0 Å². The Balaban J connectivity index is 2.30. The Hall–Kier alpha value is -0.940. The summed E-state index contributed by atoms with van der Waals surface area (Å²) in [5, 5.41) is 0. The van der Waals surface area contributed by atoms with Crippen molar-refractivity contribution in [3.05, 3.63) is 29.6 Å². The maximum Gasteiger partial charge on any atom is 0.178 e. The molecule has 0 bridgehead atoms. The zero-order chi connectivity index (χ0) is 11.9. The van der Waals surface area contributed by atoms with Crippen molar-refractivity contribution >= 4 is 9.84 Å². The number of hydrogen-bond donors (Lipinski definition) is 1. The van der Waals surface area contributed by atoms with Gasteiger partial charge >= 0.3 is 0 Å². The normalized spacial score (nSPS) is 25.2. The Kier molecular flexibility index (Phi) is 2.75. The Morgan fingerprint density at radius 3 is 2.44 bits per heavy atom. The highest BCUT2D eigenvalue weighted by Crippen LogP contribution is 2.36. The van der Waals surface area contributed by atoms with Gasteiger partial charge in [0.1, 0.15) is 10.7 Å². The Morgan fingerprint density at radius 2 is 2.00 bits per heavy atom. The van der Waals surface area contributed by atoms with Crippen LogP contribution in [0.25, 0.3) is 0 Å². The Morgan fingerprint density at radius 1 is 1.38 bits per heavy atom. The smallest absolute Gasteiger partial charge is 0.178 e. The van der Waals surface area contributed by atoms with Gasteiger partial charge in [-0.1, -0.05) is 6.07 Å². The minimum Gasteiger partial charge on any atom is -0.328 e. The Bertz CT molecular complexity index is 507. The molecule has 2 rings (SSSR count). The van der Waals surface area contributed by atoms with E-state index in [4.69, 9.17) is 5.73 Å². The molecular weight excluding hydrogens is 229 g/mol. The van der Waals surface area contributed by atoms with Gasteiger partial charge < -0.3 is 5.73 Å². The van der Waals surface area contributed by atoms with E-state index in [9.17, 15) is 12.8 Å². The maximum atomic E-state index is 13.6. The molecule has 1 fully saturated rings. The number of halogens is 1. The second-order valence-corrected chi connectivity index (χ2v) is 6.37. The van der Waals surface area contributed by atoms with Crippen molar-refractivity contribution in [1.29, 1.82) is 0 Å². The van der Waals surface area contributed by atoms with Crippen LogP contribution in [0.4, 0.5) is 4.39 Å². The van der Waals surface area contributed by atoms with Crippen LogP contribution in [0, 0.1) is 5.82 Å². The van der Waals surface area contributed by atoms with Gasteiger partial charge in [0.25, 0.3) is 0 Å². The lowest BCUT2D eigenvalue weighted by atomic mass is 9.76. The average Bonchev–Trinajstić information content (AvgIpc) is 2.10. The summed E-state index contributed by atoms with van der Waals surface area (Å²) in [6.07, 6.45) is 2.69. The molecule has 1 saturated carbocycles. The molecule has 0 atom stereocenters. The number of benzene rings is 1. The van der Waals surface area contributed by atoms with Crippen molar-refractivity contribution in [2.45, 2.75) is 29.7 Å². The van der Waals surface area contributed by atoms with Gasteiger partial charge in [0, 0.05) is 12.3 Å². The summed E-state index contributed by atoms with van der Waals surface area (Å²) in [7, 11) is -3.48. The van der Waals surface area contributed by atoms with Crippen molar-refractivity contribution in [1.82, 2.24) is 0 Å². The monoisotopic (exact) mass is 243 g/mol. The molecule has 0 radical (unpaired) electrons. The lowest BCUT2D eigenvalue weighted by molar-refractivity contribution is 0.350. The van der Waals surface area contributed by atoms with E-state index in [1.165, 1.54) is 12.1 Å². The molecule has 0 heterocycles. The van der Waals surface area contributed by atoms with E-state index < -0.39 is 15.7 Å². The highest BCUT2D eigenvalue weighted by molar-refractivity contribution is 7.90. The molecule has 1 aliphatic rings. The fourth-order valence-electron chi connectivity index (χ4n) is 2.01. The van der Waals surface area contributed by atoms with E-state index in [0.717, 1.165) is 24.7 Å². The molecule has 0 saturated heterocycles. The first-order valence-electron chi connectivity index (χ1n) is 5.13. The first kappa shape index (κ1) is 11.5. The second-order valence-electron chi connectivity index (χ2n) is 4.39. The van der Waals surface area contributed by atoms with Crippen LogP contribution in [0.2, 0.25) is 0 Å². The fraction of sp³-hybridized carbons (Fsp3) is 0.455. The molecule has 1 aliphatic carbocycles. The molecule has 5 heteroatoms. The summed E-state index contributed by atoms with van der Waals surface area (Å²) in [4.78, 5) is -0.236. The number of rotatable bonds is 2. The van der Waals surface area contributed by atoms with Gasteiger partial charge in [-0.15, -0.1) is 0 Å². The molecule has 0 unspecified atom stereocenters. The molecule has 1 aromatic rings. The summed E-state index contributed by atoms with van der Waals surface area (Å²) in [6.45, 7) is 0. The van der Waals surface area contributed by atoms with Crippen LogP contribution in [0.3, 0.4) is 0 Å². The van der Waals surface area contributed by atoms with Crippen LogP contribution in [0.1, 0.15) is 24.3 Å². The lowest BCUT2D eigenvalue weighted by Crippen LogP contribution is -2.34. The Labute approximate surface area is 94.4 Å². The topological polar surface area (TPSA) is 60.2 Å². The van der Waals surface area contributed by atoms with Gasteiger partial charge in [-0.3, -0.25) is 0 Å². The largest absolute Gasteiger partial charge is 0.328 e. The predicted octanol–water partition coefficient (Wildman–Crippen LogP) is 1.43. The molecule has 88 valence electrons. The molecule has 16 heavy (non-hydrogen) atoms. The van der Waals surface area contributed by atoms with Crippen LogP contribution in [0.5, 0.6) is 0 Å². The third-order valence-electron chi connectivity index (χ3n) is 3.00. The van der Waals surface area contributed by atoms with Crippen LogP contribution < -0.4 is 5.73 Å². The van der Waals surface area contributed by atoms with Crippen LogP contribution in [-0.2, 0) is 9.84 Å². The van der Waals surface area contributed by atoms with Crippen LogP contribution in [0.15, 0.2) is 23.1 Å². The van der Waals surface area contributed by atoms with E-state index >= 15 is 0 Å². The lowest BCUT2D eigenvalue weighted by Gasteiger charge is -2.32. The van der Waals surface area contributed by atoms with Gasteiger partial charge in [-0.05, 0) is 36.5 Å². The van der Waals surface area contributed by atoms with Crippen LogP contribution in [-0.4, -0.2) is 20.7 Å². The number of nitrogens with two attached hydrogens (primary N) is 1. The minimum absolute atomic E-state index is 0.197. The minimum atomic E-state index is -3.48. The van der Waals surface area contributed by atoms with Crippen molar-refractivity contribution in [3.63, 3.8) is 0 Å². The highest BCUT2D eigenvalue weighted by Gasteiger charge is 2.28. The quantitative estimate of drug-likeness (QED) is 0.855. The predicted molar refractivity (Wildman–Crippen MR) is 59.5 cm³/mol. The zero-order valence-corrected chi connectivity index (χ0v) is 9.80. The van der Waals surface area contributed by atoms with Gasteiger partial charge in [-0.25, -0.2) is 12.8 Å². The third-order valence-corrected chi connectivity index (χ3v) is 4.13. The van der Waals surface area contributed by atoms with Crippen molar-refractivity contribution in [2.24, 2.45) is 5.73 Å². The second kappa shape index (κ2) is 3.82. The third kappa shape index (κ3) is 2.10. The summed E-state index contributed by atoms with van der Waals surface area (Å²) in [5.41, 5.74) is 6.49. The molecule has 1 aromatic carbocycles. The first-order chi connectivity index (χ1) is 7.38. The average molecular weight is 243 g/mol. The first-order valence-corrected chi connectivity index (χ1v) is 7.02. The molecule has 0 aliphatic heterocycles. The molecule has 0 spiro atoms. The van der Waals surface area contributed by atoms with E-state index in [1.54, 1.807) is 6.07 Å². The summed E-state index contributed by atoms with van der Waals surface area (Å²) in [6, 6.07) is 4.52. The summed E-state index contributed by atoms with van der Waals surface area (Å²) in [5.74, 6) is -0.390. The SMILES string of the molecule is CS(=O)(=O)c1ccc(C2CC(N)C2)cc1F. The van der Waals surface area contributed by atoms with E-state index in [1.807, 2.05) is 0 Å². The van der Waals surface area contributed by atoms with E-state index in [0.29, 0.717) is 0 Å². The summed E-state index contributed by atoms with van der Waals surface area (Å²) < 4.78 is 36.0. The molecule has 0 amide bonds. The fourth-order valence-corrected chi connectivity index (χ4v) is 2.73. The van der Waals surface area contributed by atoms with Gasteiger partial charge in [0.15, 0.2) is 9.84 Å². The molecule has 0 aromatic heterocycles. The molecule has 3 nitrogen and oxygen atoms in total. The van der Waals surface area contributed by atoms with Crippen molar-refractivity contribution in [2.75, 3.05) is 6.26 Å². The highest BCUT2D eigenvalue weighted by atomic mass is 32.2. The maximum absolute atomic E-state index is 13.6. The van der Waals surface area contributed by atoms with Crippen molar-refractivity contribution in [3.8, 4) is 0 Å². The number of hydrogen-bond acceptors (Lipinski definition) is 3. The van der Waals surface area contributed by atoms with E-state index in [-0.39, 0.29) is 16.9 Å². The standard InChI is InChI=1S/C11H14FNO2S/c1-16(14,15)11-3-2-7(6-10(11)12)8-4-9(13)5-8/h2-3,6,8-9H,4-5,13H2,1H3. The van der Waals surface area contributed by atoms with Gasteiger partial charge in [-0.2, -0.15) is 0 Å². The molecule has 2 N–H and O–H groups in total. The van der Waals surface area contributed by atoms with Crippen LogP contribution >= 0.6 is 0 Å². The zero-order valence-electron chi connectivity index (χ0n) is 8.98. The van der Waals surface area contributed by atoms with Gasteiger partial charge in [0.05, 0.1) is 0 Å². The van der Waals surface area contributed by atoms with Crippen molar-refractivity contribution < 1.29 is 12.8 Å². The number of sulfone groups is 1. The summed E-state index contributed by atoms with van der Waals surface area (Å²) >= 11 is 0. The van der Waals surface area contributed by atoms with E-state index in [2.05, 4.69) is 0 Å².